The second kappa shape index (κ2) is 4.30. The van der Waals surface area contributed by atoms with Gasteiger partial charge in [0.15, 0.2) is 5.57 Å². The van der Waals surface area contributed by atoms with Crippen LogP contribution in [-0.4, -0.2) is 41.8 Å². The number of aliphatic carboxylic acids is 1. The smallest absolute Gasteiger partial charge is 0.405 e. The lowest BCUT2D eigenvalue weighted by molar-refractivity contribution is -0.141. The molecular formula is C8H8F3N3O2. The van der Waals surface area contributed by atoms with Crippen LogP contribution in [0.3, 0.4) is 0 Å². The van der Waals surface area contributed by atoms with Gasteiger partial charge in [0, 0.05) is 13.1 Å². The highest BCUT2D eigenvalue weighted by atomic mass is 19.4. The number of nitrogens with zero attached hydrogens (tertiary/aromatic N) is 2. The Hall–Kier alpha value is -1.91. The third-order valence-electron chi connectivity index (χ3n) is 1.92. The van der Waals surface area contributed by atoms with Gasteiger partial charge in [-0.1, -0.05) is 0 Å². The van der Waals surface area contributed by atoms with E-state index in [4.69, 9.17) is 10.4 Å². The molecule has 0 aromatic carbocycles. The summed E-state index contributed by atoms with van der Waals surface area (Å²) < 4.78 is 36.4. The molecule has 0 bridgehead atoms. The van der Waals surface area contributed by atoms with Crippen molar-refractivity contribution >= 4 is 5.97 Å². The van der Waals surface area contributed by atoms with Gasteiger partial charge in [-0.2, -0.15) is 18.4 Å². The summed E-state index contributed by atoms with van der Waals surface area (Å²) in [6, 6.07) is 1.37. The van der Waals surface area contributed by atoms with Crippen LogP contribution in [0.1, 0.15) is 0 Å². The molecule has 0 aromatic rings. The van der Waals surface area contributed by atoms with E-state index in [1.165, 1.54) is 6.07 Å². The van der Waals surface area contributed by atoms with Crippen molar-refractivity contribution in [2.75, 3.05) is 19.6 Å². The molecular weight excluding hydrogens is 227 g/mol. The van der Waals surface area contributed by atoms with Gasteiger partial charge in [0.2, 0.25) is 0 Å². The summed E-state index contributed by atoms with van der Waals surface area (Å²) in [5.74, 6) is -1.81. The van der Waals surface area contributed by atoms with E-state index < -0.39 is 24.3 Å². The van der Waals surface area contributed by atoms with Crippen molar-refractivity contribution in [3.8, 4) is 6.07 Å². The van der Waals surface area contributed by atoms with Crippen LogP contribution in [0.4, 0.5) is 13.2 Å². The molecule has 1 aliphatic rings. The number of carboxylic acids is 1. The number of nitrogens with one attached hydrogen (secondary N) is 1. The Labute approximate surface area is 88.8 Å². The highest BCUT2D eigenvalue weighted by Gasteiger charge is 2.35. The molecule has 0 atom stereocenters. The minimum Gasteiger partial charge on any atom is -0.477 e. The molecule has 1 fully saturated rings. The Bertz CT molecular complexity index is 370. The Morgan fingerprint density at radius 1 is 1.62 bits per heavy atom. The van der Waals surface area contributed by atoms with Gasteiger partial charge >= 0.3 is 12.1 Å². The summed E-state index contributed by atoms with van der Waals surface area (Å²) in [6.45, 7) is -1.06. The average Bonchev–Trinajstić information content (AvgIpc) is 2.51. The van der Waals surface area contributed by atoms with Crippen LogP contribution < -0.4 is 5.32 Å². The predicted octanol–water partition coefficient (Wildman–Crippen LogP) is 0.274. The van der Waals surface area contributed by atoms with Crippen LogP contribution >= 0.6 is 0 Å². The summed E-state index contributed by atoms with van der Waals surface area (Å²) in [7, 11) is 0. The highest BCUT2D eigenvalue weighted by Crippen LogP contribution is 2.21. The fraction of sp³-hybridized carbons (Fsp3) is 0.500. The second-order valence-electron chi connectivity index (χ2n) is 3.10. The fourth-order valence-electron chi connectivity index (χ4n) is 1.36. The van der Waals surface area contributed by atoms with Gasteiger partial charge in [-0.25, -0.2) is 4.79 Å². The van der Waals surface area contributed by atoms with E-state index in [9.17, 15) is 18.0 Å². The topological polar surface area (TPSA) is 76.4 Å². The van der Waals surface area contributed by atoms with Crippen molar-refractivity contribution in [3.63, 3.8) is 0 Å². The second-order valence-corrected chi connectivity index (χ2v) is 3.10. The fourth-order valence-corrected chi connectivity index (χ4v) is 1.36. The van der Waals surface area contributed by atoms with Crippen molar-refractivity contribution in [2.24, 2.45) is 0 Å². The molecule has 1 aliphatic heterocycles. The lowest BCUT2D eigenvalue weighted by Gasteiger charge is -2.20. The van der Waals surface area contributed by atoms with Gasteiger partial charge < -0.3 is 15.3 Å². The third kappa shape index (κ3) is 2.79. The number of carbonyl (C=O) groups is 1. The molecule has 0 radical (unpaired) electrons. The minimum absolute atomic E-state index is 0.0211. The molecule has 0 amide bonds. The zero-order chi connectivity index (χ0) is 12.3. The van der Waals surface area contributed by atoms with E-state index in [0.29, 0.717) is 0 Å². The minimum atomic E-state index is -4.43. The molecule has 0 unspecified atom stereocenters. The molecule has 1 saturated heterocycles. The first-order chi connectivity index (χ1) is 7.35. The van der Waals surface area contributed by atoms with Crippen LogP contribution in [0, 0.1) is 11.3 Å². The van der Waals surface area contributed by atoms with Crippen molar-refractivity contribution in [3.05, 3.63) is 11.4 Å². The van der Waals surface area contributed by atoms with Crippen molar-refractivity contribution in [1.82, 2.24) is 10.2 Å². The van der Waals surface area contributed by atoms with Crippen LogP contribution in [0.2, 0.25) is 0 Å². The number of halogens is 3. The zero-order valence-corrected chi connectivity index (χ0v) is 8.01. The molecule has 1 rings (SSSR count). The number of rotatable bonds is 2. The molecule has 2 N–H and O–H groups in total. The van der Waals surface area contributed by atoms with Crippen molar-refractivity contribution in [2.45, 2.75) is 6.18 Å². The number of alkyl halides is 3. The molecule has 0 aliphatic carbocycles. The molecule has 16 heavy (non-hydrogen) atoms. The number of carboxylic acid groups (broad SMARTS) is 1. The number of hydrogen-bond acceptors (Lipinski definition) is 4. The average molecular weight is 235 g/mol. The van der Waals surface area contributed by atoms with Crippen LogP contribution in [0.25, 0.3) is 0 Å². The lowest BCUT2D eigenvalue weighted by atomic mass is 10.3. The van der Waals surface area contributed by atoms with E-state index in [1.54, 1.807) is 0 Å². The van der Waals surface area contributed by atoms with Crippen molar-refractivity contribution < 1.29 is 23.1 Å². The lowest BCUT2D eigenvalue weighted by Crippen LogP contribution is -2.33. The quantitative estimate of drug-likeness (QED) is 0.531. The van der Waals surface area contributed by atoms with Gasteiger partial charge in [-0.15, -0.1) is 0 Å². The summed E-state index contributed by atoms with van der Waals surface area (Å²) in [5, 5.41) is 19.6. The Kier molecular flexibility index (Phi) is 3.27. The zero-order valence-electron chi connectivity index (χ0n) is 8.01. The molecule has 88 valence electrons. The largest absolute Gasteiger partial charge is 0.477 e. The van der Waals surface area contributed by atoms with E-state index in [0.717, 1.165) is 4.90 Å². The molecule has 5 nitrogen and oxygen atoms in total. The molecule has 0 spiro atoms. The Balaban J connectivity index is 2.96. The summed E-state index contributed by atoms with van der Waals surface area (Å²) in [5.41, 5.74) is -0.707. The predicted molar refractivity (Wildman–Crippen MR) is 45.9 cm³/mol. The molecule has 1 heterocycles. The monoisotopic (exact) mass is 235 g/mol. The van der Waals surface area contributed by atoms with E-state index >= 15 is 0 Å². The Morgan fingerprint density at radius 3 is 2.69 bits per heavy atom. The number of nitriles is 1. The van der Waals surface area contributed by atoms with Crippen LogP contribution in [0.5, 0.6) is 0 Å². The van der Waals surface area contributed by atoms with Crippen LogP contribution in [0.15, 0.2) is 11.4 Å². The molecule has 0 aromatic heterocycles. The maximum atomic E-state index is 12.1. The first kappa shape index (κ1) is 12.2. The molecule has 0 saturated carbocycles. The maximum Gasteiger partial charge on any atom is 0.405 e. The molecule has 8 heteroatoms. The standard InChI is InChI=1S/C8H8F3N3O2/c9-8(10,11)4-14-2-1-13-6(14)5(3-12)7(15)16/h13H,1-2,4H2,(H,15,16). The summed E-state index contributed by atoms with van der Waals surface area (Å²) in [4.78, 5) is 11.4. The Morgan fingerprint density at radius 2 is 2.25 bits per heavy atom. The first-order valence-corrected chi connectivity index (χ1v) is 4.28. The summed E-state index contributed by atoms with van der Waals surface area (Å²) in [6.07, 6.45) is -4.43. The van der Waals surface area contributed by atoms with E-state index in [2.05, 4.69) is 5.32 Å². The van der Waals surface area contributed by atoms with Gasteiger partial charge in [-0.3, -0.25) is 0 Å². The number of hydrogen-bond donors (Lipinski definition) is 2. The van der Waals surface area contributed by atoms with Gasteiger partial charge in [0.25, 0.3) is 0 Å². The SMILES string of the molecule is N#CC(C(=O)O)=C1NCCN1CC(F)(F)F. The van der Waals surface area contributed by atoms with Crippen LogP contribution in [-0.2, 0) is 4.79 Å². The van der Waals surface area contributed by atoms with Crippen molar-refractivity contribution in [1.29, 1.82) is 5.26 Å². The first-order valence-electron chi connectivity index (χ1n) is 4.28. The third-order valence-corrected chi connectivity index (χ3v) is 1.92. The van der Waals surface area contributed by atoms with Gasteiger partial charge in [0.1, 0.15) is 18.4 Å². The van der Waals surface area contributed by atoms with Gasteiger partial charge in [-0.05, 0) is 0 Å². The van der Waals surface area contributed by atoms with Gasteiger partial charge in [0.05, 0.1) is 0 Å². The maximum absolute atomic E-state index is 12.1. The van der Waals surface area contributed by atoms with E-state index in [-0.39, 0.29) is 18.9 Å². The normalized spacial score (nSPS) is 19.0. The summed E-state index contributed by atoms with van der Waals surface area (Å²) >= 11 is 0. The van der Waals surface area contributed by atoms with E-state index in [1.807, 2.05) is 0 Å². The highest BCUT2D eigenvalue weighted by molar-refractivity contribution is 5.91.